The number of carbonyl (C=O) groups is 1. The number of rotatable bonds is 6. The lowest BCUT2D eigenvalue weighted by molar-refractivity contribution is -0.115. The maximum absolute atomic E-state index is 11.8. The standard InChI is InChI=1S/C15H16BrClN4O/c16-10-3-4-12(17)11(5-10)13-6-14(21-20-13)19-15(22)8-18-7-9-1-2-9/h3-6,9,18H,1-2,7-8H2,(H2,19,20,21,22). The third-order valence-corrected chi connectivity index (χ3v) is 4.30. The van der Waals surface area contributed by atoms with Gasteiger partial charge in [0.05, 0.1) is 17.3 Å². The Morgan fingerprint density at radius 1 is 1.41 bits per heavy atom. The first kappa shape index (κ1) is 15.5. The Balaban J connectivity index is 1.60. The van der Waals surface area contributed by atoms with Crippen molar-refractivity contribution in [3.05, 3.63) is 33.8 Å². The van der Waals surface area contributed by atoms with Crippen LogP contribution in [0.15, 0.2) is 28.7 Å². The maximum Gasteiger partial charge on any atom is 0.239 e. The number of carbonyl (C=O) groups excluding carboxylic acids is 1. The van der Waals surface area contributed by atoms with E-state index in [9.17, 15) is 4.79 Å². The second-order valence-corrected chi connectivity index (χ2v) is 6.74. The highest BCUT2D eigenvalue weighted by Gasteiger charge is 2.20. The summed E-state index contributed by atoms with van der Waals surface area (Å²) >= 11 is 9.60. The zero-order chi connectivity index (χ0) is 15.5. The molecule has 1 saturated carbocycles. The number of benzene rings is 1. The highest BCUT2D eigenvalue weighted by Crippen LogP contribution is 2.30. The zero-order valence-corrected chi connectivity index (χ0v) is 14.2. The van der Waals surface area contributed by atoms with Crippen LogP contribution in [0.4, 0.5) is 5.82 Å². The predicted octanol–water partition coefficient (Wildman–Crippen LogP) is 3.43. The van der Waals surface area contributed by atoms with Gasteiger partial charge in [0.15, 0.2) is 5.82 Å². The van der Waals surface area contributed by atoms with Gasteiger partial charge in [-0.1, -0.05) is 27.5 Å². The molecular formula is C15H16BrClN4O. The number of aromatic amines is 1. The lowest BCUT2D eigenvalue weighted by atomic mass is 10.1. The first-order valence-corrected chi connectivity index (χ1v) is 8.30. The van der Waals surface area contributed by atoms with Crippen LogP contribution in [0.1, 0.15) is 12.8 Å². The summed E-state index contributed by atoms with van der Waals surface area (Å²) in [6, 6.07) is 7.35. The number of anilines is 1. The first-order valence-electron chi connectivity index (χ1n) is 7.13. The minimum Gasteiger partial charge on any atom is -0.308 e. The Bertz CT molecular complexity index is 684. The Labute approximate surface area is 142 Å². The molecule has 3 rings (SSSR count). The summed E-state index contributed by atoms with van der Waals surface area (Å²) in [5.41, 5.74) is 1.59. The number of halogens is 2. The van der Waals surface area contributed by atoms with Crippen LogP contribution in [-0.2, 0) is 4.79 Å². The molecule has 5 nitrogen and oxygen atoms in total. The summed E-state index contributed by atoms with van der Waals surface area (Å²) < 4.78 is 0.927. The Kier molecular flexibility index (Phi) is 4.81. The fraction of sp³-hybridized carbons (Fsp3) is 0.333. The van der Waals surface area contributed by atoms with E-state index in [0.29, 0.717) is 17.4 Å². The van der Waals surface area contributed by atoms with Gasteiger partial charge in [-0.05, 0) is 43.5 Å². The van der Waals surface area contributed by atoms with Crippen LogP contribution < -0.4 is 10.6 Å². The minimum absolute atomic E-state index is 0.0981. The van der Waals surface area contributed by atoms with Crippen molar-refractivity contribution >= 4 is 39.3 Å². The summed E-state index contributed by atoms with van der Waals surface area (Å²) in [4.78, 5) is 11.8. The molecule has 1 aromatic carbocycles. The third kappa shape index (κ3) is 4.09. The maximum atomic E-state index is 11.8. The predicted molar refractivity (Wildman–Crippen MR) is 91.0 cm³/mol. The molecule has 0 saturated heterocycles. The molecule has 3 N–H and O–H groups in total. The summed E-state index contributed by atoms with van der Waals surface area (Å²) in [6.07, 6.45) is 2.54. The van der Waals surface area contributed by atoms with Crippen LogP contribution in [0.5, 0.6) is 0 Å². The number of nitrogens with one attached hydrogen (secondary N) is 3. The van der Waals surface area contributed by atoms with Gasteiger partial charge in [0.25, 0.3) is 0 Å². The van der Waals surface area contributed by atoms with Crippen molar-refractivity contribution in [2.24, 2.45) is 5.92 Å². The molecule has 1 aliphatic rings. The van der Waals surface area contributed by atoms with Crippen molar-refractivity contribution in [3.8, 4) is 11.3 Å². The summed E-state index contributed by atoms with van der Waals surface area (Å²) in [7, 11) is 0. The Morgan fingerprint density at radius 2 is 2.23 bits per heavy atom. The number of hydrogen-bond donors (Lipinski definition) is 3. The molecule has 0 radical (unpaired) electrons. The molecule has 0 spiro atoms. The van der Waals surface area contributed by atoms with Gasteiger partial charge in [-0.25, -0.2) is 0 Å². The average molecular weight is 384 g/mol. The van der Waals surface area contributed by atoms with Gasteiger partial charge >= 0.3 is 0 Å². The van der Waals surface area contributed by atoms with Crippen LogP contribution in [0.3, 0.4) is 0 Å². The van der Waals surface area contributed by atoms with E-state index in [0.717, 1.165) is 28.2 Å². The van der Waals surface area contributed by atoms with E-state index in [1.807, 2.05) is 18.2 Å². The second-order valence-electron chi connectivity index (χ2n) is 5.41. The number of hydrogen-bond acceptors (Lipinski definition) is 3. The molecule has 1 aliphatic carbocycles. The molecule has 7 heteroatoms. The number of aromatic nitrogens is 2. The lowest BCUT2D eigenvalue weighted by Gasteiger charge is -2.03. The van der Waals surface area contributed by atoms with Crippen LogP contribution in [0.2, 0.25) is 5.02 Å². The fourth-order valence-corrected chi connectivity index (χ4v) is 2.71. The molecule has 0 bridgehead atoms. The molecule has 116 valence electrons. The van der Waals surface area contributed by atoms with Gasteiger partial charge in [0, 0.05) is 16.1 Å². The van der Waals surface area contributed by atoms with Crippen LogP contribution >= 0.6 is 27.5 Å². The quantitative estimate of drug-likeness (QED) is 0.716. The van der Waals surface area contributed by atoms with Crippen molar-refractivity contribution < 1.29 is 4.79 Å². The second kappa shape index (κ2) is 6.81. The SMILES string of the molecule is O=C(CNCC1CC1)Nc1cc(-c2cc(Br)ccc2Cl)[nH]n1. The number of amides is 1. The smallest absolute Gasteiger partial charge is 0.239 e. The molecule has 2 aromatic rings. The van der Waals surface area contributed by atoms with E-state index in [2.05, 4.69) is 36.8 Å². The normalized spacial score (nSPS) is 14.1. The topological polar surface area (TPSA) is 69.8 Å². The van der Waals surface area contributed by atoms with E-state index in [-0.39, 0.29) is 5.91 Å². The van der Waals surface area contributed by atoms with Gasteiger partial charge in [-0.3, -0.25) is 9.89 Å². The van der Waals surface area contributed by atoms with Gasteiger partial charge in [0.2, 0.25) is 5.91 Å². The van der Waals surface area contributed by atoms with Crippen LogP contribution in [-0.4, -0.2) is 29.2 Å². The van der Waals surface area contributed by atoms with Crippen LogP contribution in [0, 0.1) is 5.92 Å². The van der Waals surface area contributed by atoms with Gasteiger partial charge in [-0.2, -0.15) is 5.10 Å². The highest BCUT2D eigenvalue weighted by molar-refractivity contribution is 9.10. The molecular weight excluding hydrogens is 368 g/mol. The van der Waals surface area contributed by atoms with Gasteiger partial charge < -0.3 is 10.6 Å². The van der Waals surface area contributed by atoms with E-state index >= 15 is 0 Å². The Morgan fingerprint density at radius 3 is 3.00 bits per heavy atom. The van der Waals surface area contributed by atoms with Crippen molar-refractivity contribution in [1.29, 1.82) is 0 Å². The molecule has 0 unspecified atom stereocenters. The van der Waals surface area contributed by atoms with Gasteiger partial charge in [-0.15, -0.1) is 0 Å². The highest BCUT2D eigenvalue weighted by atomic mass is 79.9. The number of nitrogens with zero attached hydrogens (tertiary/aromatic N) is 1. The van der Waals surface area contributed by atoms with E-state index in [1.54, 1.807) is 6.07 Å². The van der Waals surface area contributed by atoms with E-state index in [4.69, 9.17) is 11.6 Å². The zero-order valence-electron chi connectivity index (χ0n) is 11.8. The largest absolute Gasteiger partial charge is 0.308 e. The molecule has 1 amide bonds. The van der Waals surface area contributed by atoms with Crippen molar-refractivity contribution in [2.45, 2.75) is 12.8 Å². The lowest BCUT2D eigenvalue weighted by Crippen LogP contribution is -2.29. The van der Waals surface area contributed by atoms with Crippen molar-refractivity contribution in [3.63, 3.8) is 0 Å². The van der Waals surface area contributed by atoms with Gasteiger partial charge in [0.1, 0.15) is 0 Å². The summed E-state index contributed by atoms with van der Waals surface area (Å²) in [5, 5.41) is 13.5. The molecule has 1 fully saturated rings. The van der Waals surface area contributed by atoms with Crippen molar-refractivity contribution in [1.82, 2.24) is 15.5 Å². The summed E-state index contributed by atoms with van der Waals surface area (Å²) in [5.74, 6) is 1.15. The minimum atomic E-state index is -0.0981. The molecule has 22 heavy (non-hydrogen) atoms. The summed E-state index contributed by atoms with van der Waals surface area (Å²) in [6.45, 7) is 1.21. The third-order valence-electron chi connectivity index (χ3n) is 3.48. The fourth-order valence-electron chi connectivity index (χ4n) is 2.13. The van der Waals surface area contributed by atoms with Crippen LogP contribution in [0.25, 0.3) is 11.3 Å². The first-order chi connectivity index (χ1) is 10.6. The molecule has 1 aromatic heterocycles. The van der Waals surface area contributed by atoms with Crippen molar-refractivity contribution in [2.75, 3.05) is 18.4 Å². The average Bonchev–Trinajstić information content (AvgIpc) is 3.19. The molecule has 0 atom stereocenters. The monoisotopic (exact) mass is 382 g/mol. The van der Waals surface area contributed by atoms with E-state index in [1.165, 1.54) is 12.8 Å². The number of H-pyrrole nitrogens is 1. The Hall–Kier alpha value is -1.37. The van der Waals surface area contributed by atoms with E-state index < -0.39 is 0 Å². The molecule has 0 aliphatic heterocycles. The molecule has 1 heterocycles.